The Kier molecular flexibility index (Phi) is 5.34. The van der Waals surface area contributed by atoms with Gasteiger partial charge in [0.25, 0.3) is 0 Å². The zero-order valence-corrected chi connectivity index (χ0v) is 13.2. The van der Waals surface area contributed by atoms with Gasteiger partial charge < -0.3 is 9.84 Å². The number of hydrogen-bond acceptors (Lipinski definition) is 2. The first kappa shape index (κ1) is 15.7. The standard InChI is InChI=1S/C17H25ClO2/c1-3-5-13-6-4-10-17(19,11-9-13)14-7-8-15(18)16(12-14)20-2/h7-8,12-13,19H,3-6,9-11H2,1-2H3. The Morgan fingerprint density at radius 3 is 2.85 bits per heavy atom. The van der Waals surface area contributed by atoms with Crippen LogP contribution < -0.4 is 4.74 Å². The van der Waals surface area contributed by atoms with Crippen LogP contribution in [0.2, 0.25) is 5.02 Å². The predicted octanol–water partition coefficient (Wildman–Crippen LogP) is 4.92. The molecule has 0 amide bonds. The van der Waals surface area contributed by atoms with Crippen LogP contribution in [0.1, 0.15) is 57.4 Å². The molecule has 0 bridgehead atoms. The highest BCUT2D eigenvalue weighted by molar-refractivity contribution is 6.32. The van der Waals surface area contributed by atoms with Crippen molar-refractivity contribution in [1.82, 2.24) is 0 Å². The van der Waals surface area contributed by atoms with Crippen molar-refractivity contribution >= 4 is 11.6 Å². The third kappa shape index (κ3) is 3.48. The molecule has 1 aromatic rings. The van der Waals surface area contributed by atoms with Crippen molar-refractivity contribution in [2.24, 2.45) is 5.92 Å². The summed E-state index contributed by atoms with van der Waals surface area (Å²) in [5.74, 6) is 1.41. The maximum atomic E-state index is 11.0. The van der Waals surface area contributed by atoms with Crippen LogP contribution in [0.5, 0.6) is 5.75 Å². The zero-order valence-electron chi connectivity index (χ0n) is 12.5. The molecule has 1 saturated carbocycles. The summed E-state index contributed by atoms with van der Waals surface area (Å²) in [4.78, 5) is 0. The van der Waals surface area contributed by atoms with Crippen molar-refractivity contribution in [3.8, 4) is 5.75 Å². The van der Waals surface area contributed by atoms with Crippen LogP contribution in [0.4, 0.5) is 0 Å². The van der Waals surface area contributed by atoms with Crippen LogP contribution in [-0.4, -0.2) is 12.2 Å². The van der Waals surface area contributed by atoms with E-state index in [0.717, 1.165) is 37.2 Å². The third-order valence-electron chi connectivity index (χ3n) is 4.55. The molecule has 0 spiro atoms. The smallest absolute Gasteiger partial charge is 0.137 e. The van der Waals surface area contributed by atoms with Crippen LogP contribution in [-0.2, 0) is 5.60 Å². The van der Waals surface area contributed by atoms with Gasteiger partial charge in [-0.25, -0.2) is 0 Å². The highest BCUT2D eigenvalue weighted by atomic mass is 35.5. The van der Waals surface area contributed by atoms with E-state index >= 15 is 0 Å². The molecular weight excluding hydrogens is 272 g/mol. The summed E-state index contributed by atoms with van der Waals surface area (Å²) in [7, 11) is 1.61. The first-order chi connectivity index (χ1) is 9.59. The minimum atomic E-state index is -0.722. The average Bonchev–Trinajstić information content (AvgIpc) is 2.63. The van der Waals surface area contributed by atoms with Crippen molar-refractivity contribution < 1.29 is 9.84 Å². The van der Waals surface area contributed by atoms with Gasteiger partial charge in [0.15, 0.2) is 0 Å². The molecule has 2 unspecified atom stereocenters. The first-order valence-corrected chi connectivity index (χ1v) is 8.03. The van der Waals surface area contributed by atoms with E-state index in [1.807, 2.05) is 18.2 Å². The van der Waals surface area contributed by atoms with Gasteiger partial charge in [-0.1, -0.05) is 43.9 Å². The maximum absolute atomic E-state index is 11.0. The van der Waals surface area contributed by atoms with Gasteiger partial charge in [-0.3, -0.25) is 0 Å². The molecule has 1 aliphatic rings. The molecule has 3 heteroatoms. The van der Waals surface area contributed by atoms with E-state index in [9.17, 15) is 5.11 Å². The van der Waals surface area contributed by atoms with Crippen molar-refractivity contribution in [2.75, 3.05) is 7.11 Å². The second-order valence-electron chi connectivity index (χ2n) is 5.97. The fourth-order valence-corrected chi connectivity index (χ4v) is 3.52. The summed E-state index contributed by atoms with van der Waals surface area (Å²) in [6, 6.07) is 5.65. The lowest BCUT2D eigenvalue weighted by molar-refractivity contribution is 0.0193. The fraction of sp³-hybridized carbons (Fsp3) is 0.647. The van der Waals surface area contributed by atoms with Crippen molar-refractivity contribution in [3.05, 3.63) is 28.8 Å². The summed E-state index contributed by atoms with van der Waals surface area (Å²) in [5, 5.41) is 11.6. The number of methoxy groups -OCH3 is 1. The maximum Gasteiger partial charge on any atom is 0.137 e. The van der Waals surface area contributed by atoms with Gasteiger partial charge in [-0.15, -0.1) is 0 Å². The summed E-state index contributed by atoms with van der Waals surface area (Å²) in [5.41, 5.74) is 0.219. The van der Waals surface area contributed by atoms with Gasteiger partial charge in [0.1, 0.15) is 5.75 Å². The van der Waals surface area contributed by atoms with Gasteiger partial charge >= 0.3 is 0 Å². The molecule has 2 atom stereocenters. The monoisotopic (exact) mass is 296 g/mol. The zero-order chi connectivity index (χ0) is 14.6. The molecule has 1 N–H and O–H groups in total. The molecular formula is C17H25ClO2. The Bertz CT molecular complexity index is 447. The van der Waals surface area contributed by atoms with E-state index in [4.69, 9.17) is 16.3 Å². The van der Waals surface area contributed by atoms with Crippen LogP contribution >= 0.6 is 11.6 Å². The Morgan fingerprint density at radius 1 is 1.35 bits per heavy atom. The Balaban J connectivity index is 2.17. The van der Waals surface area contributed by atoms with Crippen molar-refractivity contribution in [1.29, 1.82) is 0 Å². The highest BCUT2D eigenvalue weighted by Crippen LogP contribution is 2.41. The topological polar surface area (TPSA) is 29.5 Å². The summed E-state index contributed by atoms with van der Waals surface area (Å²) < 4.78 is 5.27. The van der Waals surface area contributed by atoms with Gasteiger partial charge in [0.05, 0.1) is 17.7 Å². The van der Waals surface area contributed by atoms with Gasteiger partial charge in [0.2, 0.25) is 0 Å². The molecule has 0 radical (unpaired) electrons. The Labute approximate surface area is 127 Å². The minimum absolute atomic E-state index is 0.595. The lowest BCUT2D eigenvalue weighted by Crippen LogP contribution is -2.24. The van der Waals surface area contributed by atoms with Gasteiger partial charge in [-0.2, -0.15) is 0 Å². The Morgan fingerprint density at radius 2 is 2.15 bits per heavy atom. The lowest BCUT2D eigenvalue weighted by atomic mass is 9.86. The summed E-state index contributed by atoms with van der Waals surface area (Å²) in [6.45, 7) is 2.24. The van der Waals surface area contributed by atoms with Crippen molar-refractivity contribution in [3.63, 3.8) is 0 Å². The lowest BCUT2D eigenvalue weighted by Gasteiger charge is -2.28. The van der Waals surface area contributed by atoms with E-state index in [1.165, 1.54) is 19.3 Å². The van der Waals surface area contributed by atoms with Crippen LogP contribution in [0.15, 0.2) is 18.2 Å². The Hall–Kier alpha value is -0.730. The van der Waals surface area contributed by atoms with Gasteiger partial charge in [0, 0.05) is 0 Å². The largest absolute Gasteiger partial charge is 0.495 e. The summed E-state index contributed by atoms with van der Waals surface area (Å²) in [6.07, 6.45) is 7.61. The third-order valence-corrected chi connectivity index (χ3v) is 4.87. The second-order valence-corrected chi connectivity index (χ2v) is 6.37. The molecule has 2 nitrogen and oxygen atoms in total. The van der Waals surface area contributed by atoms with E-state index in [2.05, 4.69) is 6.92 Å². The molecule has 1 fully saturated rings. The molecule has 112 valence electrons. The molecule has 2 rings (SSSR count). The molecule has 0 heterocycles. The SMILES string of the molecule is CCCC1CCCC(O)(c2ccc(Cl)c(OC)c2)CC1. The van der Waals surface area contributed by atoms with Gasteiger partial charge in [-0.05, 0) is 49.3 Å². The molecule has 1 aromatic carbocycles. The second kappa shape index (κ2) is 6.82. The normalized spacial score (nSPS) is 27.1. The average molecular weight is 297 g/mol. The predicted molar refractivity (Wildman–Crippen MR) is 83.4 cm³/mol. The molecule has 1 aliphatic carbocycles. The molecule has 20 heavy (non-hydrogen) atoms. The molecule has 0 aliphatic heterocycles. The van der Waals surface area contributed by atoms with E-state index in [1.54, 1.807) is 7.11 Å². The number of halogens is 1. The number of hydrogen-bond donors (Lipinski definition) is 1. The highest BCUT2D eigenvalue weighted by Gasteiger charge is 2.32. The number of benzene rings is 1. The van der Waals surface area contributed by atoms with Crippen LogP contribution in [0, 0.1) is 5.92 Å². The first-order valence-electron chi connectivity index (χ1n) is 7.65. The molecule has 0 aromatic heterocycles. The fourth-order valence-electron chi connectivity index (χ4n) is 3.33. The number of ether oxygens (including phenoxy) is 1. The summed E-state index contributed by atoms with van der Waals surface area (Å²) >= 11 is 6.07. The van der Waals surface area contributed by atoms with E-state index in [-0.39, 0.29) is 0 Å². The van der Waals surface area contributed by atoms with Crippen LogP contribution in [0.3, 0.4) is 0 Å². The minimum Gasteiger partial charge on any atom is -0.495 e. The van der Waals surface area contributed by atoms with E-state index in [0.29, 0.717) is 10.8 Å². The van der Waals surface area contributed by atoms with Crippen LogP contribution in [0.25, 0.3) is 0 Å². The quantitative estimate of drug-likeness (QED) is 0.799. The van der Waals surface area contributed by atoms with E-state index < -0.39 is 5.60 Å². The molecule has 0 saturated heterocycles. The van der Waals surface area contributed by atoms with Crippen molar-refractivity contribution in [2.45, 2.75) is 57.5 Å². The number of aliphatic hydroxyl groups is 1. The number of rotatable bonds is 4.